The molecule has 8 heterocycles. The molecule has 0 bridgehead atoms. The van der Waals surface area contributed by atoms with E-state index in [4.69, 9.17) is 38.9 Å². The van der Waals surface area contributed by atoms with E-state index in [0.29, 0.717) is 23.1 Å². The highest BCUT2D eigenvalue weighted by molar-refractivity contribution is 6.00. The smallest absolute Gasteiger partial charge is 0.414 e. The number of methoxy groups -OCH3 is 4. The molecule has 4 aliphatic carbocycles. The number of ether oxygens (including phenoxy) is 4. The predicted octanol–water partition coefficient (Wildman–Crippen LogP) is 27.5. The lowest BCUT2D eigenvalue weighted by atomic mass is 9.83. The van der Waals surface area contributed by atoms with Crippen LogP contribution in [0.5, 0.6) is 0 Å². The van der Waals surface area contributed by atoms with Crippen LogP contribution >= 0.6 is 0 Å². The molecular formula is C120H156N12O12. The van der Waals surface area contributed by atoms with Gasteiger partial charge in [-0.3, -0.25) is 38.8 Å². The van der Waals surface area contributed by atoms with E-state index in [2.05, 4.69) is 192 Å². The minimum absolute atomic E-state index is 0.0814. The Kier molecular flexibility index (Phi) is 38.3. The number of amides is 4. The van der Waals surface area contributed by atoms with Crippen molar-refractivity contribution in [2.45, 2.75) is 339 Å². The first-order valence-electron chi connectivity index (χ1n) is 53.7. The number of anilines is 4. The normalized spacial score (nSPS) is 21.4. The summed E-state index contributed by atoms with van der Waals surface area (Å²) >= 11 is 0. The number of nitrogens with zero attached hydrogens (tertiary/aromatic N) is 12. The topological polar surface area (TPSA) is 258 Å². The third-order valence-corrected chi connectivity index (χ3v) is 30.8. The number of rotatable bonds is 16. The Hall–Kier alpha value is -12.6. The van der Waals surface area contributed by atoms with Crippen molar-refractivity contribution in [3.8, 4) is 0 Å². The lowest BCUT2D eigenvalue weighted by Gasteiger charge is -2.34. The summed E-state index contributed by atoms with van der Waals surface area (Å²) in [6.45, 7) is 31.2. The minimum atomic E-state index is -0.326. The number of aromatic nitrogens is 8. The van der Waals surface area contributed by atoms with E-state index in [0.717, 1.165) is 292 Å². The Balaban J connectivity index is 0.000000157. The standard InChI is InChI=1S/4C28H33N3O3.4C2H6/c4*1-18-12-13-23-24(30(18)28(33)34-3)14-15-25-27(23)29-26(16-20-8-5-4-6-9-20)31(25)22-11-7-10-21(17-22)19(2)32;4*1-2/h4*4-6,8-9,14-15,18,21-22H,7,10-13,16-17H2,1-3H3;4*1-2H3/t18-,21+,22+;18-,21+,22-;18-,21-,22+;18-,21-,22-;;;;/m0000..../s1. The molecule has 0 N–H and O–H groups in total. The van der Waals surface area contributed by atoms with E-state index in [9.17, 15) is 38.4 Å². The van der Waals surface area contributed by atoms with Crippen LogP contribution < -0.4 is 19.6 Å². The van der Waals surface area contributed by atoms with Crippen LogP contribution in [-0.2, 0) is 89.5 Å². The Morgan fingerprint density at radius 2 is 0.451 bits per heavy atom. The zero-order valence-electron chi connectivity index (χ0n) is 89.2. The number of benzene rings is 8. The van der Waals surface area contributed by atoms with Crippen molar-refractivity contribution < 1.29 is 57.3 Å². The molecule has 0 radical (unpaired) electrons. The third-order valence-electron chi connectivity index (χ3n) is 30.8. The minimum Gasteiger partial charge on any atom is -0.452 e. The second kappa shape index (κ2) is 50.8. The second-order valence-corrected chi connectivity index (χ2v) is 39.4. The van der Waals surface area contributed by atoms with Gasteiger partial charge in [-0.1, -0.05) is 202 Å². The summed E-state index contributed by atoms with van der Waals surface area (Å²) < 4.78 is 30.0. The molecular weight excluding hydrogens is 1800 g/mol. The number of imidazole rings is 4. The van der Waals surface area contributed by atoms with Crippen molar-refractivity contribution in [1.82, 2.24) is 38.2 Å². The van der Waals surface area contributed by atoms with Gasteiger partial charge in [0.1, 0.15) is 46.4 Å². The van der Waals surface area contributed by atoms with Crippen molar-refractivity contribution >= 4 is 114 Å². The fourth-order valence-electron chi connectivity index (χ4n) is 23.6. The Morgan fingerprint density at radius 3 is 0.625 bits per heavy atom. The van der Waals surface area contributed by atoms with Crippen molar-refractivity contribution in [3.05, 3.63) is 238 Å². The number of carbonyl (C=O) groups excluding carboxylic acids is 8. The van der Waals surface area contributed by atoms with Crippen LogP contribution in [0.15, 0.2) is 170 Å². The maximum atomic E-state index is 12.6. The van der Waals surface area contributed by atoms with Crippen LogP contribution in [0.4, 0.5) is 41.9 Å². The highest BCUT2D eigenvalue weighted by atomic mass is 16.6. The summed E-state index contributed by atoms with van der Waals surface area (Å²) in [5, 5.41) is 0. The predicted molar refractivity (Wildman–Crippen MR) is 579 cm³/mol. The largest absolute Gasteiger partial charge is 0.452 e. The van der Waals surface area contributed by atoms with Crippen LogP contribution in [-0.4, -0.2) is 138 Å². The lowest BCUT2D eigenvalue weighted by Crippen LogP contribution is -2.42. The van der Waals surface area contributed by atoms with Crippen molar-refractivity contribution in [2.24, 2.45) is 23.7 Å². The van der Waals surface area contributed by atoms with Crippen LogP contribution in [0.25, 0.3) is 44.1 Å². The van der Waals surface area contributed by atoms with Crippen molar-refractivity contribution in [3.63, 3.8) is 0 Å². The fraction of sp³-hybridized carbons (Fsp3) is 0.500. The van der Waals surface area contributed by atoms with Gasteiger partial charge in [-0.05, 0) is 255 Å². The first-order chi connectivity index (χ1) is 69.9. The summed E-state index contributed by atoms with van der Waals surface area (Å²) in [6.07, 6.45) is 24.5. The van der Waals surface area contributed by atoms with Crippen molar-refractivity contribution in [2.75, 3.05) is 48.0 Å². The van der Waals surface area contributed by atoms with Gasteiger partial charge in [-0.25, -0.2) is 39.1 Å². The van der Waals surface area contributed by atoms with Crippen LogP contribution in [0.3, 0.4) is 0 Å². The van der Waals surface area contributed by atoms with Gasteiger partial charge in [0.2, 0.25) is 0 Å². The molecule has 4 aliphatic heterocycles. The van der Waals surface area contributed by atoms with E-state index in [1.807, 2.05) is 79.7 Å². The van der Waals surface area contributed by atoms with E-state index in [1.54, 1.807) is 47.3 Å². The molecule has 24 nitrogen and oxygen atoms in total. The number of carbonyl (C=O) groups is 8. The Labute approximate surface area is 853 Å². The highest BCUT2D eigenvalue weighted by Gasteiger charge is 2.41. The quantitative estimate of drug-likeness (QED) is 0.0814. The van der Waals surface area contributed by atoms with Crippen LogP contribution in [0.2, 0.25) is 0 Å². The molecule has 768 valence electrons. The van der Waals surface area contributed by atoms with Gasteiger partial charge in [0.25, 0.3) is 0 Å². The maximum absolute atomic E-state index is 12.6. The van der Waals surface area contributed by atoms with Gasteiger partial charge in [0.05, 0.1) is 95.3 Å². The number of aryl methyl sites for hydroxylation is 4. The van der Waals surface area contributed by atoms with E-state index in [1.165, 1.54) is 50.7 Å². The summed E-state index contributed by atoms with van der Waals surface area (Å²) in [5.74, 6) is 5.78. The molecule has 144 heavy (non-hydrogen) atoms. The van der Waals surface area contributed by atoms with Crippen LogP contribution in [0.1, 0.15) is 331 Å². The number of hydrogen-bond donors (Lipinski definition) is 0. The second-order valence-electron chi connectivity index (χ2n) is 39.4. The lowest BCUT2D eigenvalue weighted by molar-refractivity contribution is -0.122. The molecule has 0 saturated heterocycles. The molecule has 24 heteroatoms. The molecule has 4 amide bonds. The first kappa shape index (κ1) is 109. The molecule has 4 fully saturated rings. The van der Waals surface area contributed by atoms with Gasteiger partial charge in [-0.2, -0.15) is 0 Å². The monoisotopic (exact) mass is 1960 g/mol. The van der Waals surface area contributed by atoms with E-state index < -0.39 is 0 Å². The average Bonchev–Trinajstić information content (AvgIpc) is 1.58. The molecule has 4 saturated carbocycles. The SMILES string of the molecule is CC.CC.CC.CC.COC(=O)N1c2ccc3c(nc(Cc4ccccc4)n3[C@@H]3CCC[C@@H](C(C)=O)C3)c2CC[C@@H]1C.COC(=O)N1c2ccc3c(nc(Cc4ccccc4)n3[C@@H]3CCC[C@H](C(C)=O)C3)c2CC[C@@H]1C.COC(=O)N1c2ccc3c(nc(Cc4ccccc4)n3[C@H]3CCC[C@@H](C(C)=O)C3)c2CC[C@@H]1C.COC(=O)N1c2ccc3c(nc(Cc4ccccc4)n3[C@H]3CCC[C@H](C(C)=O)C3)c2CC[C@@H]1C. The molecule has 0 spiro atoms. The van der Waals surface area contributed by atoms with E-state index in [-0.39, 0.29) is 96.4 Å². The average molecular weight is 1960 g/mol. The third kappa shape index (κ3) is 23.8. The van der Waals surface area contributed by atoms with Gasteiger partial charge < -0.3 is 37.2 Å². The summed E-state index contributed by atoms with van der Waals surface area (Å²) in [5.41, 5.74) is 21.3. The molecule has 0 unspecified atom stereocenters. The summed E-state index contributed by atoms with van der Waals surface area (Å²) in [6, 6.07) is 59.7. The first-order valence-corrected chi connectivity index (χ1v) is 53.7. The number of hydrogen-bond acceptors (Lipinski definition) is 16. The molecule has 4 aromatic heterocycles. The molecule has 8 aliphatic rings. The van der Waals surface area contributed by atoms with E-state index >= 15 is 0 Å². The molecule has 12 aromatic rings. The fourth-order valence-corrected chi connectivity index (χ4v) is 23.6. The number of fused-ring (bicyclic) bond motifs is 12. The zero-order valence-corrected chi connectivity index (χ0v) is 89.2. The molecule has 8 aromatic carbocycles. The zero-order chi connectivity index (χ0) is 103. The maximum Gasteiger partial charge on any atom is 0.414 e. The van der Waals surface area contributed by atoms with Crippen molar-refractivity contribution in [1.29, 1.82) is 0 Å². The summed E-state index contributed by atoms with van der Waals surface area (Å²) in [4.78, 5) is 127. The highest BCUT2D eigenvalue weighted by Crippen LogP contribution is 2.48. The molecule has 20 rings (SSSR count). The Morgan fingerprint density at radius 1 is 0.264 bits per heavy atom. The van der Waals surface area contributed by atoms with Gasteiger partial charge in [-0.15, -0.1) is 0 Å². The van der Waals surface area contributed by atoms with Gasteiger partial charge >= 0.3 is 24.4 Å². The van der Waals surface area contributed by atoms with Crippen LogP contribution in [0, 0.1) is 23.7 Å². The molecule has 12 atom stereocenters. The van der Waals surface area contributed by atoms with Gasteiger partial charge in [0, 0.05) is 120 Å². The summed E-state index contributed by atoms with van der Waals surface area (Å²) in [7, 11) is 5.73. The number of ketones is 4. The Bertz CT molecular complexity index is 5630. The number of Topliss-reactive ketones (excluding diaryl/α,β-unsaturated/α-hetero) is 4. The van der Waals surface area contributed by atoms with Gasteiger partial charge in [0.15, 0.2) is 0 Å².